The predicted molar refractivity (Wildman–Crippen MR) is 97.8 cm³/mol. The molecule has 4 aromatic rings. The molecule has 3 aromatic heterocycles. The number of nitrogens with zero attached hydrogens (tertiary/aromatic N) is 2. The zero-order valence-corrected chi connectivity index (χ0v) is 13.7. The number of benzene rings is 1. The van der Waals surface area contributed by atoms with E-state index in [4.69, 9.17) is 0 Å². The Balaban J connectivity index is 1.69. The summed E-state index contributed by atoms with van der Waals surface area (Å²) in [6.07, 6.45) is 3.70. The molecular formula is C18H14N4OS. The third kappa shape index (κ3) is 2.68. The summed E-state index contributed by atoms with van der Waals surface area (Å²) in [6, 6.07) is 11.7. The number of allylic oxidation sites excluding steroid dienone is 1. The second-order valence-electron chi connectivity index (χ2n) is 5.43. The van der Waals surface area contributed by atoms with Crippen molar-refractivity contribution in [1.29, 1.82) is 0 Å². The maximum atomic E-state index is 12.1. The summed E-state index contributed by atoms with van der Waals surface area (Å²) in [5.74, 6) is 1.38. The van der Waals surface area contributed by atoms with Gasteiger partial charge in [-0.1, -0.05) is 30.3 Å². The lowest BCUT2D eigenvalue weighted by molar-refractivity contribution is 1.13. The molecule has 0 amide bonds. The van der Waals surface area contributed by atoms with Crippen LogP contribution in [0.4, 0.5) is 0 Å². The first-order valence-corrected chi connectivity index (χ1v) is 8.35. The van der Waals surface area contributed by atoms with Crippen LogP contribution in [0.5, 0.6) is 0 Å². The summed E-state index contributed by atoms with van der Waals surface area (Å²) in [6.45, 7) is 1.92. The Morgan fingerprint density at radius 1 is 1.17 bits per heavy atom. The van der Waals surface area contributed by atoms with Crippen LogP contribution in [-0.4, -0.2) is 19.9 Å². The molecule has 0 spiro atoms. The number of rotatable bonds is 3. The van der Waals surface area contributed by atoms with Crippen molar-refractivity contribution >= 4 is 33.2 Å². The summed E-state index contributed by atoms with van der Waals surface area (Å²) in [5.41, 5.74) is 2.64. The van der Waals surface area contributed by atoms with E-state index in [1.54, 1.807) is 12.3 Å². The van der Waals surface area contributed by atoms with Crippen molar-refractivity contribution in [2.75, 3.05) is 0 Å². The Hall–Kier alpha value is -2.99. The van der Waals surface area contributed by atoms with Gasteiger partial charge in [-0.05, 0) is 30.0 Å². The van der Waals surface area contributed by atoms with Crippen LogP contribution in [0.15, 0.2) is 52.8 Å². The van der Waals surface area contributed by atoms with E-state index in [1.807, 2.05) is 48.7 Å². The highest BCUT2D eigenvalue weighted by Gasteiger charge is 2.07. The molecule has 1 aromatic carbocycles. The molecule has 0 aliphatic heterocycles. The number of fused-ring (bicyclic) bond motifs is 1. The van der Waals surface area contributed by atoms with E-state index >= 15 is 0 Å². The third-order valence-electron chi connectivity index (χ3n) is 3.72. The highest BCUT2D eigenvalue weighted by Crippen LogP contribution is 2.20. The van der Waals surface area contributed by atoms with Crippen LogP contribution in [0, 0.1) is 0 Å². The van der Waals surface area contributed by atoms with Crippen molar-refractivity contribution in [2.24, 2.45) is 0 Å². The molecule has 0 unspecified atom stereocenters. The van der Waals surface area contributed by atoms with Crippen molar-refractivity contribution < 1.29 is 0 Å². The molecule has 0 aliphatic carbocycles. The van der Waals surface area contributed by atoms with Crippen LogP contribution in [-0.2, 0) is 0 Å². The van der Waals surface area contributed by atoms with E-state index in [2.05, 4.69) is 19.9 Å². The van der Waals surface area contributed by atoms with Crippen molar-refractivity contribution in [2.45, 2.75) is 6.92 Å². The minimum atomic E-state index is -0.112. The summed E-state index contributed by atoms with van der Waals surface area (Å²) < 4.78 is 0. The normalized spacial score (nSPS) is 12.0. The molecule has 4 rings (SSSR count). The first-order chi connectivity index (χ1) is 11.7. The van der Waals surface area contributed by atoms with Crippen LogP contribution in [0.3, 0.4) is 0 Å². The Kier molecular flexibility index (Phi) is 3.59. The fourth-order valence-electron chi connectivity index (χ4n) is 2.50. The Morgan fingerprint density at radius 3 is 2.83 bits per heavy atom. The van der Waals surface area contributed by atoms with Crippen molar-refractivity contribution in [3.8, 4) is 11.4 Å². The molecule has 5 nitrogen and oxygen atoms in total. The number of aromatic nitrogens is 4. The highest BCUT2D eigenvalue weighted by atomic mass is 32.1. The number of imidazole rings is 1. The largest absolute Gasteiger partial charge is 0.338 e. The molecular weight excluding hydrogens is 320 g/mol. The topological polar surface area (TPSA) is 74.4 Å². The SMILES string of the molecule is C/C(=C\c1cnc(-c2ccccc2)[nH]1)c1nc2sccc2c(=O)[nH]1. The molecule has 0 atom stereocenters. The Morgan fingerprint density at radius 2 is 2.00 bits per heavy atom. The minimum absolute atomic E-state index is 0.112. The van der Waals surface area contributed by atoms with E-state index in [0.29, 0.717) is 11.2 Å². The quantitative estimate of drug-likeness (QED) is 0.596. The van der Waals surface area contributed by atoms with E-state index in [1.165, 1.54) is 11.3 Å². The van der Waals surface area contributed by atoms with E-state index < -0.39 is 0 Å². The molecule has 24 heavy (non-hydrogen) atoms. The monoisotopic (exact) mass is 334 g/mol. The van der Waals surface area contributed by atoms with Crippen LogP contribution < -0.4 is 5.56 Å². The van der Waals surface area contributed by atoms with Gasteiger partial charge < -0.3 is 9.97 Å². The van der Waals surface area contributed by atoms with Gasteiger partial charge in [0, 0.05) is 5.56 Å². The summed E-state index contributed by atoms with van der Waals surface area (Å²) in [5, 5.41) is 2.50. The van der Waals surface area contributed by atoms with E-state index in [0.717, 1.165) is 27.5 Å². The molecule has 0 saturated heterocycles. The molecule has 3 heterocycles. The number of thiophene rings is 1. The number of H-pyrrole nitrogens is 2. The Labute approximate surface area is 141 Å². The molecule has 0 bridgehead atoms. The fourth-order valence-corrected chi connectivity index (χ4v) is 3.27. The van der Waals surface area contributed by atoms with Crippen LogP contribution in [0.25, 0.3) is 33.3 Å². The molecule has 118 valence electrons. The number of hydrogen-bond donors (Lipinski definition) is 2. The standard InChI is InChI=1S/C18H14N4OS/c1-11(15-21-17(23)14-7-8-24-18(14)22-15)9-13-10-19-16(20-13)12-5-3-2-4-6-12/h2-10H,1H3,(H,19,20)(H,21,22,23)/b11-9+. The molecule has 0 radical (unpaired) electrons. The lowest BCUT2D eigenvalue weighted by Gasteiger charge is -2.00. The average molecular weight is 334 g/mol. The molecule has 6 heteroatoms. The minimum Gasteiger partial charge on any atom is -0.338 e. The van der Waals surface area contributed by atoms with Crippen molar-refractivity contribution in [3.63, 3.8) is 0 Å². The predicted octanol–water partition coefficient (Wildman–Crippen LogP) is 3.94. The number of nitrogens with one attached hydrogen (secondary N) is 2. The first-order valence-electron chi connectivity index (χ1n) is 7.47. The summed E-state index contributed by atoms with van der Waals surface area (Å²) >= 11 is 1.46. The fraction of sp³-hybridized carbons (Fsp3) is 0.0556. The van der Waals surface area contributed by atoms with Gasteiger partial charge >= 0.3 is 0 Å². The smallest absolute Gasteiger partial charge is 0.259 e. The second-order valence-corrected chi connectivity index (χ2v) is 6.33. The van der Waals surface area contributed by atoms with Crippen molar-refractivity contribution in [3.05, 3.63) is 69.8 Å². The van der Waals surface area contributed by atoms with Gasteiger partial charge in [-0.25, -0.2) is 9.97 Å². The molecule has 2 N–H and O–H groups in total. The lowest BCUT2D eigenvalue weighted by Crippen LogP contribution is -2.09. The molecule has 0 aliphatic rings. The van der Waals surface area contributed by atoms with Crippen LogP contribution in [0.1, 0.15) is 18.4 Å². The highest BCUT2D eigenvalue weighted by molar-refractivity contribution is 7.16. The van der Waals surface area contributed by atoms with Gasteiger partial charge in [0.05, 0.1) is 17.3 Å². The van der Waals surface area contributed by atoms with Gasteiger partial charge in [0.1, 0.15) is 16.5 Å². The third-order valence-corrected chi connectivity index (χ3v) is 4.53. The van der Waals surface area contributed by atoms with Gasteiger partial charge in [0.25, 0.3) is 5.56 Å². The van der Waals surface area contributed by atoms with Gasteiger partial charge in [0.15, 0.2) is 0 Å². The maximum absolute atomic E-state index is 12.1. The first kappa shape index (κ1) is 14.6. The summed E-state index contributed by atoms with van der Waals surface area (Å²) in [7, 11) is 0. The van der Waals surface area contributed by atoms with Gasteiger partial charge in [-0.3, -0.25) is 4.79 Å². The maximum Gasteiger partial charge on any atom is 0.259 e. The van der Waals surface area contributed by atoms with Gasteiger partial charge in [0.2, 0.25) is 0 Å². The molecule has 0 saturated carbocycles. The summed E-state index contributed by atoms with van der Waals surface area (Å²) in [4.78, 5) is 27.8. The number of hydrogen-bond acceptors (Lipinski definition) is 4. The Bertz CT molecular complexity index is 1090. The number of aromatic amines is 2. The zero-order chi connectivity index (χ0) is 16.5. The van der Waals surface area contributed by atoms with Crippen LogP contribution >= 0.6 is 11.3 Å². The molecule has 0 fully saturated rings. The zero-order valence-electron chi connectivity index (χ0n) is 12.9. The van der Waals surface area contributed by atoms with Gasteiger partial charge in [-0.2, -0.15) is 0 Å². The van der Waals surface area contributed by atoms with E-state index in [-0.39, 0.29) is 5.56 Å². The van der Waals surface area contributed by atoms with Crippen LogP contribution in [0.2, 0.25) is 0 Å². The average Bonchev–Trinajstić information content (AvgIpc) is 3.25. The van der Waals surface area contributed by atoms with Crippen molar-refractivity contribution in [1.82, 2.24) is 19.9 Å². The van der Waals surface area contributed by atoms with Gasteiger partial charge in [-0.15, -0.1) is 11.3 Å². The second kappa shape index (κ2) is 5.90. The lowest BCUT2D eigenvalue weighted by atomic mass is 10.2. The van der Waals surface area contributed by atoms with E-state index in [9.17, 15) is 4.79 Å².